The third-order valence-electron chi connectivity index (χ3n) is 6.11. The van der Waals surface area contributed by atoms with Crippen molar-refractivity contribution in [1.29, 1.82) is 0 Å². The molecule has 2 aromatic carbocycles. The molecule has 2 amide bonds. The lowest BCUT2D eigenvalue weighted by molar-refractivity contribution is 0.0523. The summed E-state index contributed by atoms with van der Waals surface area (Å²) in [6, 6.07) is 13.4. The minimum atomic E-state index is -0.531. The number of rotatable bonds is 10. The van der Waals surface area contributed by atoms with E-state index in [-0.39, 0.29) is 5.91 Å². The zero-order valence-corrected chi connectivity index (χ0v) is 23.5. The standard InChI is InChI=1S/C28H36N6O3S/c1-6-33(7-2)16-8-15-29-25(35)21-13-14-22-23(17-21)38-26-31-24(32-34(22)26)20-11-9-19(10-12-20)18-30-27(36)37-28(3,4)5/h9-14,17H,6-8,15-16,18H2,1-5H3,(H,29,35)(H,30,36). The maximum atomic E-state index is 12.6. The molecule has 4 aromatic rings. The van der Waals surface area contributed by atoms with Crippen molar-refractivity contribution >= 4 is 38.5 Å². The lowest BCUT2D eigenvalue weighted by Gasteiger charge is -2.19. The molecule has 0 radical (unpaired) electrons. The number of hydrogen-bond acceptors (Lipinski definition) is 7. The van der Waals surface area contributed by atoms with Crippen molar-refractivity contribution < 1.29 is 14.3 Å². The van der Waals surface area contributed by atoms with Gasteiger partial charge in [-0.15, -0.1) is 5.10 Å². The summed E-state index contributed by atoms with van der Waals surface area (Å²) in [5.41, 5.74) is 2.86. The van der Waals surface area contributed by atoms with E-state index in [1.807, 2.05) is 67.8 Å². The molecule has 0 saturated heterocycles. The van der Waals surface area contributed by atoms with Gasteiger partial charge in [-0.3, -0.25) is 4.79 Å². The molecule has 10 heteroatoms. The maximum absolute atomic E-state index is 12.6. The molecule has 2 heterocycles. The van der Waals surface area contributed by atoms with Gasteiger partial charge in [0.25, 0.3) is 5.91 Å². The highest BCUT2D eigenvalue weighted by Crippen LogP contribution is 2.28. The fourth-order valence-electron chi connectivity index (χ4n) is 4.06. The summed E-state index contributed by atoms with van der Waals surface area (Å²) in [7, 11) is 0. The molecule has 0 saturated carbocycles. The highest BCUT2D eigenvalue weighted by atomic mass is 32.1. The van der Waals surface area contributed by atoms with E-state index >= 15 is 0 Å². The van der Waals surface area contributed by atoms with Crippen molar-refractivity contribution in [3.05, 3.63) is 53.6 Å². The Bertz CT molecular complexity index is 1400. The number of ether oxygens (including phenoxy) is 1. The molecule has 2 N–H and O–H groups in total. The minimum Gasteiger partial charge on any atom is -0.444 e. The number of carbonyl (C=O) groups is 2. The van der Waals surface area contributed by atoms with E-state index in [1.54, 1.807) is 0 Å². The van der Waals surface area contributed by atoms with E-state index in [0.29, 0.717) is 24.5 Å². The van der Waals surface area contributed by atoms with Gasteiger partial charge in [0.05, 0.1) is 10.2 Å². The number of carbonyl (C=O) groups excluding carboxylic acids is 2. The van der Waals surface area contributed by atoms with Crippen molar-refractivity contribution in [3.63, 3.8) is 0 Å². The van der Waals surface area contributed by atoms with Crippen LogP contribution >= 0.6 is 11.3 Å². The molecule has 4 rings (SSSR count). The lowest BCUT2D eigenvalue weighted by atomic mass is 10.1. The number of benzene rings is 2. The smallest absolute Gasteiger partial charge is 0.407 e. The first-order valence-electron chi connectivity index (χ1n) is 13.0. The van der Waals surface area contributed by atoms with Crippen molar-refractivity contribution in [3.8, 4) is 11.4 Å². The summed E-state index contributed by atoms with van der Waals surface area (Å²) in [5, 5.41) is 10.5. The number of alkyl carbamates (subject to hydrolysis) is 1. The number of amides is 2. The molecule has 0 spiro atoms. The Balaban J connectivity index is 1.39. The second-order valence-electron chi connectivity index (χ2n) is 10.1. The van der Waals surface area contributed by atoms with Crippen LogP contribution in [0.3, 0.4) is 0 Å². The van der Waals surface area contributed by atoms with Gasteiger partial charge >= 0.3 is 6.09 Å². The van der Waals surface area contributed by atoms with E-state index in [2.05, 4.69) is 29.4 Å². The van der Waals surface area contributed by atoms with Crippen LogP contribution in [0, 0.1) is 0 Å². The van der Waals surface area contributed by atoms with Crippen LogP contribution in [0.1, 0.15) is 57.0 Å². The molecule has 9 nitrogen and oxygen atoms in total. The lowest BCUT2D eigenvalue weighted by Crippen LogP contribution is -2.32. The van der Waals surface area contributed by atoms with Gasteiger partial charge in [0, 0.05) is 24.2 Å². The molecular weight excluding hydrogens is 500 g/mol. The van der Waals surface area contributed by atoms with Crippen molar-refractivity contribution in [1.82, 2.24) is 30.1 Å². The van der Waals surface area contributed by atoms with Crippen LogP contribution in [0.15, 0.2) is 42.5 Å². The molecule has 38 heavy (non-hydrogen) atoms. The molecular formula is C28H36N6O3S. The molecule has 0 aliphatic heterocycles. The molecule has 0 fully saturated rings. The van der Waals surface area contributed by atoms with E-state index in [4.69, 9.17) is 14.8 Å². The molecule has 0 atom stereocenters. The van der Waals surface area contributed by atoms with Gasteiger partial charge in [0.2, 0.25) is 4.96 Å². The summed E-state index contributed by atoms with van der Waals surface area (Å²) in [5.74, 6) is 0.562. The first-order valence-corrected chi connectivity index (χ1v) is 13.8. The van der Waals surface area contributed by atoms with Crippen molar-refractivity contribution in [2.24, 2.45) is 0 Å². The van der Waals surface area contributed by atoms with Crippen LogP contribution in [0.25, 0.3) is 26.6 Å². The van der Waals surface area contributed by atoms with Crippen molar-refractivity contribution in [2.45, 2.75) is 53.2 Å². The van der Waals surface area contributed by atoms with Crippen LogP contribution in [0.2, 0.25) is 0 Å². The van der Waals surface area contributed by atoms with Crippen LogP contribution in [-0.2, 0) is 11.3 Å². The first kappa shape index (κ1) is 27.5. The molecule has 202 valence electrons. The molecule has 2 aromatic heterocycles. The number of fused-ring (bicyclic) bond motifs is 3. The van der Waals surface area contributed by atoms with Gasteiger partial charge in [-0.2, -0.15) is 4.98 Å². The summed E-state index contributed by atoms with van der Waals surface area (Å²) in [6.45, 7) is 13.9. The third-order valence-corrected chi connectivity index (χ3v) is 7.10. The molecule has 0 unspecified atom stereocenters. The van der Waals surface area contributed by atoms with E-state index in [9.17, 15) is 9.59 Å². The number of aromatic nitrogens is 3. The summed E-state index contributed by atoms with van der Waals surface area (Å²) in [6.07, 6.45) is 0.483. The zero-order chi connectivity index (χ0) is 27.3. The third kappa shape index (κ3) is 6.87. The predicted molar refractivity (Wildman–Crippen MR) is 152 cm³/mol. The average molecular weight is 537 g/mol. The van der Waals surface area contributed by atoms with Crippen molar-refractivity contribution in [2.75, 3.05) is 26.2 Å². The monoisotopic (exact) mass is 536 g/mol. The van der Waals surface area contributed by atoms with Gasteiger partial charge in [0.1, 0.15) is 5.60 Å². The van der Waals surface area contributed by atoms with Gasteiger partial charge in [-0.25, -0.2) is 9.31 Å². The Morgan fingerprint density at radius 3 is 2.47 bits per heavy atom. The average Bonchev–Trinajstić information content (AvgIpc) is 3.44. The highest BCUT2D eigenvalue weighted by Gasteiger charge is 2.16. The fraction of sp³-hybridized carbons (Fsp3) is 0.429. The minimum absolute atomic E-state index is 0.0626. The fourth-order valence-corrected chi connectivity index (χ4v) is 5.06. The summed E-state index contributed by atoms with van der Waals surface area (Å²) in [4.78, 5) is 32.3. The second kappa shape index (κ2) is 11.9. The number of hydrogen-bond donors (Lipinski definition) is 2. The van der Waals surface area contributed by atoms with E-state index in [1.165, 1.54) is 11.3 Å². The Kier molecular flexibility index (Phi) is 8.63. The largest absolute Gasteiger partial charge is 0.444 e. The second-order valence-corrected chi connectivity index (χ2v) is 11.1. The highest BCUT2D eigenvalue weighted by molar-refractivity contribution is 7.23. The summed E-state index contributed by atoms with van der Waals surface area (Å²) >= 11 is 1.51. The first-order chi connectivity index (χ1) is 18.2. The molecule has 0 bridgehead atoms. The van der Waals surface area contributed by atoms with Gasteiger partial charge in [-0.1, -0.05) is 49.4 Å². The van der Waals surface area contributed by atoms with Gasteiger partial charge in [0.15, 0.2) is 5.82 Å². The topological polar surface area (TPSA) is 101 Å². The summed E-state index contributed by atoms with van der Waals surface area (Å²) < 4.78 is 8.06. The Labute approximate surface area is 227 Å². The normalized spacial score (nSPS) is 11.8. The quantitative estimate of drug-likeness (QED) is 0.274. The predicted octanol–water partition coefficient (Wildman–Crippen LogP) is 5.10. The van der Waals surface area contributed by atoms with E-state index < -0.39 is 11.7 Å². The van der Waals surface area contributed by atoms with E-state index in [0.717, 1.165) is 52.4 Å². The van der Waals surface area contributed by atoms with Gasteiger partial charge < -0.3 is 20.3 Å². The Morgan fingerprint density at radius 2 is 1.79 bits per heavy atom. The molecule has 0 aliphatic carbocycles. The van der Waals surface area contributed by atoms with Crippen LogP contribution < -0.4 is 10.6 Å². The Hall–Kier alpha value is -3.50. The number of nitrogens with zero attached hydrogens (tertiary/aromatic N) is 4. The Morgan fingerprint density at radius 1 is 1.05 bits per heavy atom. The number of nitrogens with one attached hydrogen (secondary N) is 2. The van der Waals surface area contributed by atoms with Gasteiger partial charge in [-0.05, 0) is 70.6 Å². The SMILES string of the molecule is CCN(CC)CCCNC(=O)c1ccc2c(c1)sc1nc(-c3ccc(CNC(=O)OC(C)(C)C)cc3)nn12. The number of thiazole rings is 1. The van der Waals surface area contributed by atoms with Crippen LogP contribution in [0.5, 0.6) is 0 Å². The zero-order valence-electron chi connectivity index (χ0n) is 22.7. The van der Waals surface area contributed by atoms with Crippen LogP contribution in [0.4, 0.5) is 4.79 Å². The van der Waals surface area contributed by atoms with Crippen LogP contribution in [-0.4, -0.2) is 63.3 Å². The maximum Gasteiger partial charge on any atom is 0.407 e. The molecule has 0 aliphatic rings.